The van der Waals surface area contributed by atoms with E-state index >= 15 is 0 Å². The van der Waals surface area contributed by atoms with Crippen LogP contribution in [-0.2, 0) is 0 Å². The third kappa shape index (κ3) is 15.0. The second-order valence-electron chi connectivity index (χ2n) is 3.55. The lowest BCUT2D eigenvalue weighted by Gasteiger charge is -2.07. The Morgan fingerprint density at radius 1 is 0.929 bits per heavy atom. The number of hydrogen-bond acceptors (Lipinski definition) is 2. The maximum absolute atomic E-state index is 5.69. The van der Waals surface area contributed by atoms with E-state index in [2.05, 4.69) is 6.92 Å². The molecule has 0 aromatic heterocycles. The summed E-state index contributed by atoms with van der Waals surface area (Å²) in [6.07, 6.45) is 9.13. The summed E-state index contributed by atoms with van der Waals surface area (Å²) in [5.74, 6) is 0. The van der Waals surface area contributed by atoms with E-state index in [1.165, 1.54) is 38.5 Å². The van der Waals surface area contributed by atoms with E-state index in [1.54, 1.807) is 0 Å². The van der Waals surface area contributed by atoms with Crippen molar-refractivity contribution in [2.75, 3.05) is 6.54 Å². The van der Waals surface area contributed by atoms with Crippen LogP contribution in [0.3, 0.4) is 0 Å². The molecule has 1 atom stereocenters. The smallest absolute Gasteiger partial charge is 0.0163 e. The van der Waals surface area contributed by atoms with Gasteiger partial charge in [-0.25, -0.2) is 0 Å². The van der Waals surface area contributed by atoms with E-state index in [0.29, 0.717) is 6.54 Å². The SMILES string of the molecule is CCCCCCCCC(N)CN.Cl.Cl. The molecule has 0 saturated carbocycles. The number of unbranched alkanes of at least 4 members (excludes halogenated alkanes) is 5. The Morgan fingerprint density at radius 3 is 1.93 bits per heavy atom. The van der Waals surface area contributed by atoms with Crippen LogP contribution in [-0.4, -0.2) is 12.6 Å². The van der Waals surface area contributed by atoms with Crippen molar-refractivity contribution in [3.63, 3.8) is 0 Å². The van der Waals surface area contributed by atoms with Gasteiger partial charge in [-0.1, -0.05) is 45.4 Å². The molecule has 0 fully saturated rings. The lowest BCUT2D eigenvalue weighted by molar-refractivity contribution is 0.539. The van der Waals surface area contributed by atoms with Crippen molar-refractivity contribution in [3.05, 3.63) is 0 Å². The van der Waals surface area contributed by atoms with Crippen molar-refractivity contribution in [1.82, 2.24) is 0 Å². The zero-order chi connectivity index (χ0) is 9.23. The number of nitrogens with two attached hydrogens (primary N) is 2. The number of rotatable bonds is 8. The largest absolute Gasteiger partial charge is 0.329 e. The van der Waals surface area contributed by atoms with Gasteiger partial charge in [0.25, 0.3) is 0 Å². The van der Waals surface area contributed by atoms with E-state index in [0.717, 1.165) is 6.42 Å². The minimum absolute atomic E-state index is 0. The Bertz CT molecular complexity index is 92.2. The van der Waals surface area contributed by atoms with Crippen molar-refractivity contribution >= 4 is 24.8 Å². The van der Waals surface area contributed by atoms with Gasteiger partial charge >= 0.3 is 0 Å². The highest BCUT2D eigenvalue weighted by atomic mass is 35.5. The molecule has 0 radical (unpaired) electrons. The molecule has 0 heterocycles. The predicted octanol–water partition coefficient (Wildman–Crippen LogP) is 2.87. The summed E-state index contributed by atoms with van der Waals surface area (Å²) in [5, 5.41) is 0. The summed E-state index contributed by atoms with van der Waals surface area (Å²) < 4.78 is 0. The van der Waals surface area contributed by atoms with Gasteiger partial charge in [0.2, 0.25) is 0 Å². The maximum atomic E-state index is 5.69. The molecule has 0 saturated heterocycles. The molecule has 0 aromatic rings. The average Bonchev–Trinajstić information content (AvgIpc) is 2.10. The second kappa shape index (κ2) is 15.9. The molecule has 0 rings (SSSR count). The lowest BCUT2D eigenvalue weighted by Crippen LogP contribution is -2.29. The van der Waals surface area contributed by atoms with Crippen molar-refractivity contribution in [2.45, 2.75) is 57.9 Å². The van der Waals surface area contributed by atoms with Crippen LogP contribution in [0.15, 0.2) is 0 Å². The zero-order valence-electron chi connectivity index (χ0n) is 9.21. The van der Waals surface area contributed by atoms with Crippen LogP contribution in [0.5, 0.6) is 0 Å². The van der Waals surface area contributed by atoms with E-state index in [1.807, 2.05) is 0 Å². The predicted molar refractivity (Wildman–Crippen MR) is 69.5 cm³/mol. The highest BCUT2D eigenvalue weighted by Crippen LogP contribution is 2.07. The molecular formula is C10H26Cl2N2. The monoisotopic (exact) mass is 244 g/mol. The molecule has 0 aromatic carbocycles. The van der Waals surface area contributed by atoms with Gasteiger partial charge < -0.3 is 11.5 Å². The van der Waals surface area contributed by atoms with Gasteiger partial charge in [0, 0.05) is 12.6 Å². The molecule has 1 unspecified atom stereocenters. The van der Waals surface area contributed by atoms with Gasteiger partial charge in [0.1, 0.15) is 0 Å². The van der Waals surface area contributed by atoms with Crippen molar-refractivity contribution in [3.8, 4) is 0 Å². The fourth-order valence-corrected chi connectivity index (χ4v) is 1.30. The van der Waals surface area contributed by atoms with Gasteiger partial charge in [-0.2, -0.15) is 0 Å². The van der Waals surface area contributed by atoms with Gasteiger partial charge in [-0.05, 0) is 6.42 Å². The summed E-state index contributed by atoms with van der Waals surface area (Å²) in [7, 11) is 0. The molecular weight excluding hydrogens is 219 g/mol. The van der Waals surface area contributed by atoms with Crippen molar-refractivity contribution < 1.29 is 0 Å². The Labute approximate surface area is 101 Å². The van der Waals surface area contributed by atoms with Crippen LogP contribution in [0, 0.1) is 0 Å². The Kier molecular flexibility index (Phi) is 22.8. The summed E-state index contributed by atoms with van der Waals surface area (Å²) in [4.78, 5) is 0. The lowest BCUT2D eigenvalue weighted by atomic mass is 10.1. The van der Waals surface area contributed by atoms with E-state index in [4.69, 9.17) is 11.5 Å². The Morgan fingerprint density at radius 2 is 1.43 bits per heavy atom. The van der Waals surface area contributed by atoms with Gasteiger partial charge in [-0.3, -0.25) is 0 Å². The van der Waals surface area contributed by atoms with Crippen LogP contribution >= 0.6 is 24.8 Å². The van der Waals surface area contributed by atoms with Crippen LogP contribution in [0.4, 0.5) is 0 Å². The third-order valence-electron chi connectivity index (χ3n) is 2.23. The van der Waals surface area contributed by atoms with Gasteiger partial charge in [0.05, 0.1) is 0 Å². The fourth-order valence-electron chi connectivity index (χ4n) is 1.30. The van der Waals surface area contributed by atoms with E-state index in [-0.39, 0.29) is 30.9 Å². The zero-order valence-corrected chi connectivity index (χ0v) is 10.8. The molecule has 90 valence electrons. The molecule has 0 aliphatic heterocycles. The van der Waals surface area contributed by atoms with Crippen molar-refractivity contribution in [2.24, 2.45) is 11.5 Å². The first kappa shape index (κ1) is 20.0. The first-order chi connectivity index (χ1) is 5.81. The van der Waals surface area contributed by atoms with Crippen LogP contribution < -0.4 is 11.5 Å². The average molecular weight is 245 g/mol. The van der Waals surface area contributed by atoms with Gasteiger partial charge in [0.15, 0.2) is 0 Å². The fraction of sp³-hybridized carbons (Fsp3) is 1.00. The summed E-state index contributed by atoms with van der Waals surface area (Å²) in [5.41, 5.74) is 11.1. The van der Waals surface area contributed by atoms with Crippen molar-refractivity contribution in [1.29, 1.82) is 0 Å². The Balaban J connectivity index is -0.000000605. The molecule has 0 amide bonds. The molecule has 0 bridgehead atoms. The number of hydrogen-bond donors (Lipinski definition) is 2. The second-order valence-corrected chi connectivity index (χ2v) is 3.55. The molecule has 2 nitrogen and oxygen atoms in total. The standard InChI is InChI=1S/C10H24N2.2ClH/c1-2-3-4-5-6-7-8-10(12)9-11;;/h10H,2-9,11-12H2,1H3;2*1H. The normalized spacial score (nSPS) is 11.4. The van der Waals surface area contributed by atoms with E-state index in [9.17, 15) is 0 Å². The summed E-state index contributed by atoms with van der Waals surface area (Å²) >= 11 is 0. The van der Waals surface area contributed by atoms with E-state index < -0.39 is 0 Å². The topological polar surface area (TPSA) is 52.0 Å². The first-order valence-corrected chi connectivity index (χ1v) is 5.27. The first-order valence-electron chi connectivity index (χ1n) is 5.27. The third-order valence-corrected chi connectivity index (χ3v) is 2.23. The summed E-state index contributed by atoms with van der Waals surface area (Å²) in [6, 6.07) is 0.233. The quantitative estimate of drug-likeness (QED) is 0.646. The van der Waals surface area contributed by atoms with Crippen LogP contribution in [0.25, 0.3) is 0 Å². The molecule has 0 aliphatic rings. The van der Waals surface area contributed by atoms with Gasteiger partial charge in [-0.15, -0.1) is 24.8 Å². The molecule has 0 spiro atoms. The highest BCUT2D eigenvalue weighted by molar-refractivity contribution is 5.85. The molecule has 4 heteroatoms. The Hall–Kier alpha value is 0.500. The molecule has 4 N–H and O–H groups in total. The van der Waals surface area contributed by atoms with Crippen LogP contribution in [0.2, 0.25) is 0 Å². The summed E-state index contributed by atoms with van der Waals surface area (Å²) in [6.45, 7) is 2.87. The molecule has 0 aliphatic carbocycles. The van der Waals surface area contributed by atoms with Crippen LogP contribution in [0.1, 0.15) is 51.9 Å². The highest BCUT2D eigenvalue weighted by Gasteiger charge is 1.97. The maximum Gasteiger partial charge on any atom is 0.0163 e. The minimum atomic E-state index is 0. The minimum Gasteiger partial charge on any atom is -0.329 e. The molecule has 14 heavy (non-hydrogen) atoms. The number of halogens is 2.